The predicted octanol–water partition coefficient (Wildman–Crippen LogP) is 10.9. The fourth-order valence-corrected chi connectivity index (χ4v) is 6.63. The van der Waals surface area contributed by atoms with Crippen molar-refractivity contribution in [1.82, 2.24) is 15.0 Å². The molecule has 0 saturated carbocycles. The molecule has 0 radical (unpaired) electrons. The summed E-state index contributed by atoms with van der Waals surface area (Å²) in [6, 6.07) is 40.2. The minimum atomic E-state index is 0.131. The summed E-state index contributed by atoms with van der Waals surface area (Å²) in [6.07, 6.45) is 17.7. The third kappa shape index (κ3) is 5.79. The Morgan fingerprint density at radius 2 is 1.31 bits per heavy atom. The summed E-state index contributed by atoms with van der Waals surface area (Å²) >= 11 is 0. The van der Waals surface area contributed by atoms with Gasteiger partial charge in [-0.25, -0.2) is 15.0 Å². The summed E-state index contributed by atoms with van der Waals surface area (Å²) in [5, 5.41) is 11.7. The van der Waals surface area contributed by atoms with Gasteiger partial charge in [-0.05, 0) is 87.2 Å². The van der Waals surface area contributed by atoms with Crippen LogP contribution in [0.2, 0.25) is 0 Å². The highest BCUT2D eigenvalue weighted by Gasteiger charge is 2.19. The smallest absolute Gasteiger partial charge is 0.163 e. The molecular weight excluding hydrogens is 585 g/mol. The number of nitrogens with zero attached hydrogens (tertiary/aromatic N) is 4. The lowest BCUT2D eigenvalue weighted by Crippen LogP contribution is -2.09. The van der Waals surface area contributed by atoms with Gasteiger partial charge in [-0.2, -0.15) is 5.26 Å². The van der Waals surface area contributed by atoms with Crippen LogP contribution in [0.1, 0.15) is 42.4 Å². The van der Waals surface area contributed by atoms with Crippen molar-refractivity contribution in [2.24, 2.45) is 0 Å². The van der Waals surface area contributed by atoms with Crippen LogP contribution in [0, 0.1) is 11.3 Å². The fourth-order valence-electron chi connectivity index (χ4n) is 6.63. The molecule has 0 N–H and O–H groups in total. The Hall–Kier alpha value is -6.18. The van der Waals surface area contributed by atoms with E-state index in [-0.39, 0.29) is 5.92 Å². The lowest BCUT2D eigenvalue weighted by molar-refractivity contribution is 0.754. The second-order valence-corrected chi connectivity index (χ2v) is 12.2. The fraction of sp³-hybridized carbons (Fsp3) is 0.0909. The molecule has 0 bridgehead atoms. The predicted molar refractivity (Wildman–Crippen MR) is 196 cm³/mol. The first-order valence-corrected chi connectivity index (χ1v) is 16.4. The van der Waals surface area contributed by atoms with E-state index in [4.69, 9.17) is 15.0 Å². The standard InChI is InChI=1S/C44H32N4/c45-29-30-11-9-16-35(27-30)31-21-23-32(24-22-31)38-25-26-39(41-20-8-7-19-40(38)41)36-17-10-18-37(28-36)44-47-42(33-12-3-1-4-13-33)46-43(48-44)34-14-5-2-6-15-34/h1-5,7-12,14,16-28,33H,6,13,15H2. The van der Waals surface area contributed by atoms with E-state index in [1.165, 1.54) is 16.3 Å². The molecule has 1 aromatic heterocycles. The van der Waals surface area contributed by atoms with Gasteiger partial charge in [0, 0.05) is 11.5 Å². The summed E-state index contributed by atoms with van der Waals surface area (Å²) in [5.41, 5.74) is 9.53. The van der Waals surface area contributed by atoms with Crippen molar-refractivity contribution >= 4 is 16.3 Å². The molecule has 1 heterocycles. The average Bonchev–Trinajstić information content (AvgIpc) is 3.18. The number of fused-ring (bicyclic) bond motifs is 1. The number of nitriles is 1. The van der Waals surface area contributed by atoms with Gasteiger partial charge in [0.15, 0.2) is 11.6 Å². The van der Waals surface area contributed by atoms with Crippen molar-refractivity contribution in [2.75, 3.05) is 0 Å². The molecule has 4 nitrogen and oxygen atoms in total. The molecule has 0 aliphatic heterocycles. The molecule has 0 fully saturated rings. The van der Waals surface area contributed by atoms with Gasteiger partial charge < -0.3 is 0 Å². The SMILES string of the molecule is N#Cc1cccc(-c2ccc(-c3ccc(-c4cccc(-c5nc(C6=CC=CCC6)nc(C6C=CC=CC6)n5)c4)c4ccccc34)cc2)c1. The maximum Gasteiger partial charge on any atom is 0.163 e. The Morgan fingerprint density at radius 3 is 2.06 bits per heavy atom. The van der Waals surface area contributed by atoms with Crippen LogP contribution in [0.5, 0.6) is 0 Å². The largest absolute Gasteiger partial charge is 0.213 e. The van der Waals surface area contributed by atoms with Crippen LogP contribution in [0.15, 0.2) is 152 Å². The Balaban J connectivity index is 1.18. The number of rotatable bonds is 6. The maximum absolute atomic E-state index is 9.33. The Bertz CT molecular complexity index is 2330. The van der Waals surface area contributed by atoms with E-state index in [0.717, 1.165) is 69.9 Å². The molecule has 48 heavy (non-hydrogen) atoms. The Kier molecular flexibility index (Phi) is 7.86. The minimum absolute atomic E-state index is 0.131. The van der Waals surface area contributed by atoms with E-state index >= 15 is 0 Å². The van der Waals surface area contributed by atoms with E-state index in [1.54, 1.807) is 0 Å². The minimum Gasteiger partial charge on any atom is -0.213 e. The van der Waals surface area contributed by atoms with E-state index in [1.807, 2.05) is 24.3 Å². The number of aromatic nitrogens is 3. The van der Waals surface area contributed by atoms with Crippen LogP contribution in [-0.4, -0.2) is 15.0 Å². The molecule has 228 valence electrons. The van der Waals surface area contributed by atoms with Crippen LogP contribution in [0.4, 0.5) is 0 Å². The zero-order valence-electron chi connectivity index (χ0n) is 26.4. The van der Waals surface area contributed by atoms with E-state index in [9.17, 15) is 5.26 Å². The van der Waals surface area contributed by atoms with Crippen molar-refractivity contribution < 1.29 is 0 Å². The summed E-state index contributed by atoms with van der Waals surface area (Å²) < 4.78 is 0. The molecule has 1 unspecified atom stereocenters. The van der Waals surface area contributed by atoms with E-state index in [0.29, 0.717) is 11.4 Å². The van der Waals surface area contributed by atoms with Crippen LogP contribution in [-0.2, 0) is 0 Å². The Morgan fingerprint density at radius 1 is 0.583 bits per heavy atom. The second kappa shape index (κ2) is 12.9. The van der Waals surface area contributed by atoms with Gasteiger partial charge in [-0.3, -0.25) is 0 Å². The van der Waals surface area contributed by atoms with Gasteiger partial charge in [0.25, 0.3) is 0 Å². The highest BCUT2D eigenvalue weighted by molar-refractivity contribution is 6.05. The first-order valence-electron chi connectivity index (χ1n) is 16.4. The summed E-state index contributed by atoms with van der Waals surface area (Å²) in [5.74, 6) is 2.42. The highest BCUT2D eigenvalue weighted by atomic mass is 15.0. The van der Waals surface area contributed by atoms with Crippen molar-refractivity contribution in [2.45, 2.75) is 25.2 Å². The van der Waals surface area contributed by atoms with Gasteiger partial charge in [0.05, 0.1) is 11.6 Å². The van der Waals surface area contributed by atoms with Crippen molar-refractivity contribution in [3.05, 3.63) is 169 Å². The summed E-state index contributed by atoms with van der Waals surface area (Å²) in [6.45, 7) is 0. The second-order valence-electron chi connectivity index (χ2n) is 12.2. The number of benzene rings is 5. The van der Waals surface area contributed by atoms with E-state index in [2.05, 4.69) is 134 Å². The van der Waals surface area contributed by atoms with Gasteiger partial charge >= 0.3 is 0 Å². The summed E-state index contributed by atoms with van der Waals surface area (Å²) in [7, 11) is 0. The normalized spacial score (nSPS) is 15.3. The van der Waals surface area contributed by atoms with Gasteiger partial charge in [0.1, 0.15) is 5.82 Å². The molecule has 4 heteroatoms. The first-order chi connectivity index (χ1) is 23.7. The number of hydrogen-bond acceptors (Lipinski definition) is 4. The number of hydrogen-bond donors (Lipinski definition) is 0. The van der Waals surface area contributed by atoms with Gasteiger partial charge in [-0.15, -0.1) is 0 Å². The van der Waals surface area contributed by atoms with Crippen molar-refractivity contribution in [3.63, 3.8) is 0 Å². The monoisotopic (exact) mass is 616 g/mol. The third-order valence-corrected chi connectivity index (χ3v) is 9.14. The topological polar surface area (TPSA) is 62.5 Å². The molecule has 0 amide bonds. The quantitative estimate of drug-likeness (QED) is 0.187. The molecular formula is C44H32N4. The van der Waals surface area contributed by atoms with E-state index < -0.39 is 0 Å². The van der Waals surface area contributed by atoms with Crippen molar-refractivity contribution in [1.29, 1.82) is 5.26 Å². The van der Waals surface area contributed by atoms with Crippen molar-refractivity contribution in [3.8, 4) is 50.8 Å². The van der Waals surface area contributed by atoms with Crippen LogP contribution in [0.3, 0.4) is 0 Å². The summed E-state index contributed by atoms with van der Waals surface area (Å²) in [4.78, 5) is 15.0. The molecule has 2 aliphatic carbocycles. The Labute approximate surface area is 280 Å². The lowest BCUT2D eigenvalue weighted by atomic mass is 9.91. The van der Waals surface area contributed by atoms with Crippen LogP contribution >= 0.6 is 0 Å². The number of allylic oxidation sites excluding steroid dienone is 8. The molecule has 5 aromatic carbocycles. The van der Waals surface area contributed by atoms with Crippen LogP contribution in [0.25, 0.3) is 61.1 Å². The average molecular weight is 617 g/mol. The molecule has 0 spiro atoms. The van der Waals surface area contributed by atoms with Gasteiger partial charge in [0.2, 0.25) is 0 Å². The highest BCUT2D eigenvalue weighted by Crippen LogP contribution is 2.38. The zero-order valence-corrected chi connectivity index (χ0v) is 26.4. The molecule has 0 saturated heterocycles. The van der Waals surface area contributed by atoms with Crippen LogP contribution < -0.4 is 0 Å². The lowest BCUT2D eigenvalue weighted by Gasteiger charge is -2.16. The molecule has 1 atom stereocenters. The molecule has 2 aliphatic rings. The molecule has 6 aromatic rings. The third-order valence-electron chi connectivity index (χ3n) is 9.14. The zero-order chi connectivity index (χ0) is 32.3. The molecule has 8 rings (SSSR count). The maximum atomic E-state index is 9.33. The first kappa shape index (κ1) is 29.2. The van der Waals surface area contributed by atoms with Gasteiger partial charge in [-0.1, -0.05) is 134 Å².